The number of ketones is 7. The molecule has 0 radical (unpaired) electrons. The van der Waals surface area contributed by atoms with E-state index in [-0.39, 0.29) is 84.9 Å². The van der Waals surface area contributed by atoms with Gasteiger partial charge in [0, 0.05) is 38.9 Å². The molecular formula is C55H40O34. The smallest absolute Gasteiger partial charge is 0.273 e. The van der Waals surface area contributed by atoms with E-state index in [1.807, 2.05) is 0 Å². The topological polar surface area (TPSA) is 655 Å². The van der Waals surface area contributed by atoms with Crippen molar-refractivity contribution in [3.63, 3.8) is 0 Å². The molecule has 0 spiro atoms. The van der Waals surface area contributed by atoms with Gasteiger partial charge in [-0.3, -0.25) is 33.6 Å². The van der Waals surface area contributed by atoms with Crippen LogP contribution in [0.3, 0.4) is 0 Å². The van der Waals surface area contributed by atoms with E-state index in [1.165, 1.54) is 0 Å². The fourth-order valence-corrected chi connectivity index (χ4v) is 10.0. The molecule has 34 nitrogen and oxygen atoms in total. The van der Waals surface area contributed by atoms with Gasteiger partial charge in [-0.1, -0.05) is 0 Å². The Morgan fingerprint density at radius 2 is 0.438 bits per heavy atom. The highest BCUT2D eigenvalue weighted by molar-refractivity contribution is 6.33. The Labute approximate surface area is 488 Å². The van der Waals surface area contributed by atoms with Gasteiger partial charge in [0.05, 0.1) is 0 Å². The lowest BCUT2D eigenvalue weighted by Crippen LogP contribution is -2.98. The summed E-state index contributed by atoms with van der Waals surface area (Å²) >= 11 is 0. The highest BCUT2D eigenvalue weighted by Crippen LogP contribution is 2.64. The minimum Gasteiger partial charge on any atom is -0.504 e. The van der Waals surface area contributed by atoms with Crippen molar-refractivity contribution in [1.82, 2.24) is 0 Å². The Morgan fingerprint density at radius 1 is 0.258 bits per heavy atom. The van der Waals surface area contributed by atoms with E-state index in [9.17, 15) is 133 Å². The van der Waals surface area contributed by atoms with Gasteiger partial charge < -0.3 is 138 Å². The van der Waals surface area contributed by atoms with E-state index in [1.54, 1.807) is 0 Å². The van der Waals surface area contributed by atoms with Gasteiger partial charge in [-0.2, -0.15) is 0 Å². The van der Waals surface area contributed by atoms with Gasteiger partial charge in [0.1, 0.15) is 0 Å². The largest absolute Gasteiger partial charge is 0.504 e. The molecule has 1 aliphatic rings. The summed E-state index contributed by atoms with van der Waals surface area (Å²) < 4.78 is 5.69. The van der Waals surface area contributed by atoms with Crippen molar-refractivity contribution in [2.45, 2.75) is 33.8 Å². The summed E-state index contributed by atoms with van der Waals surface area (Å²) in [7, 11) is 0. The van der Waals surface area contributed by atoms with E-state index < -0.39 is 234 Å². The molecule has 0 amide bonds. The van der Waals surface area contributed by atoms with Crippen LogP contribution in [-0.2, 0) is 4.74 Å². The Morgan fingerprint density at radius 3 is 0.674 bits per heavy atom. The van der Waals surface area contributed by atoms with Gasteiger partial charge in [-0.05, 0) is 84.9 Å². The summed E-state index contributed by atoms with van der Waals surface area (Å²) in [6, 6.07) is -2.62. The standard InChI is InChI=1S/C55H40O34/c56-22-1-15(2-23(57)36(22)70)43(77)50(84,44(78)16-3-24(58)37(71)25(59)4-16)54(48(82)20-11-32(66)41(75)33(67)12-20)52(86,46(80)18-7-28(62)39(73)29(63)8-18)51(85,45(79)17-5-26(60)38(72)27(61)6-17)53(87,47(81)19-9-30(64)40(74)31(65)10-19)55(88,89-54)49(83)21-13-34(68)42(76)35(69)14-21/h1-14,56-76,84-88H. The van der Waals surface area contributed by atoms with E-state index in [4.69, 9.17) is 4.74 Å². The first kappa shape index (κ1) is 62.8. The van der Waals surface area contributed by atoms with Crippen LogP contribution in [0.5, 0.6) is 121 Å². The monoisotopic (exact) mass is 1240 g/mol. The number of aliphatic hydroxyl groups is 5. The first-order chi connectivity index (χ1) is 41.1. The number of hydrogen-bond acceptors (Lipinski definition) is 34. The lowest BCUT2D eigenvalue weighted by Gasteiger charge is -2.66. The molecule has 1 saturated heterocycles. The number of carbonyl (C=O) groups excluding carboxylic acids is 7. The molecule has 1 heterocycles. The third kappa shape index (κ3) is 8.47. The van der Waals surface area contributed by atoms with Crippen molar-refractivity contribution in [2.75, 3.05) is 0 Å². The summed E-state index contributed by atoms with van der Waals surface area (Å²) in [5.74, 6) is -65.5. The molecule has 5 atom stereocenters. The Balaban J connectivity index is 1.82. The maximum atomic E-state index is 16.8. The molecule has 0 saturated carbocycles. The predicted molar refractivity (Wildman–Crippen MR) is 279 cm³/mol. The van der Waals surface area contributed by atoms with Crippen LogP contribution >= 0.6 is 0 Å². The lowest BCUT2D eigenvalue weighted by atomic mass is 9.46. The van der Waals surface area contributed by atoms with Crippen LogP contribution in [0.1, 0.15) is 72.5 Å². The Kier molecular flexibility index (Phi) is 14.5. The quantitative estimate of drug-likeness (QED) is 0.0345. The fourth-order valence-electron chi connectivity index (χ4n) is 10.0. The fraction of sp³-hybridized carbons (Fsp3) is 0.109. The molecule has 0 bridgehead atoms. The highest BCUT2D eigenvalue weighted by Gasteiger charge is 2.95. The molecule has 7 aromatic rings. The highest BCUT2D eigenvalue weighted by atomic mass is 16.7. The van der Waals surface area contributed by atoms with Crippen LogP contribution in [0, 0.1) is 0 Å². The molecule has 26 N–H and O–H groups in total. The van der Waals surface area contributed by atoms with Crippen LogP contribution < -0.4 is 0 Å². The number of phenolic OH excluding ortho intramolecular Hbond substituents is 21. The summed E-state index contributed by atoms with van der Waals surface area (Å²) in [5, 5.41) is 296. The van der Waals surface area contributed by atoms with E-state index >= 15 is 33.6 Å². The molecule has 1 aliphatic heterocycles. The Bertz CT molecular complexity index is 4110. The molecule has 34 heteroatoms. The van der Waals surface area contributed by atoms with E-state index in [0.717, 1.165) is 0 Å². The second kappa shape index (κ2) is 20.5. The Hall–Kier alpha value is -12.2. The number of hydrogen-bond donors (Lipinski definition) is 26. The molecule has 8 rings (SSSR count). The van der Waals surface area contributed by atoms with Crippen LogP contribution in [0.2, 0.25) is 0 Å². The molecule has 7 aromatic carbocycles. The van der Waals surface area contributed by atoms with Crippen molar-refractivity contribution < 1.29 is 171 Å². The number of ether oxygens (including phenoxy) is 1. The zero-order chi connectivity index (χ0) is 66.8. The van der Waals surface area contributed by atoms with Crippen molar-refractivity contribution in [3.05, 3.63) is 124 Å². The number of phenols is 21. The molecule has 1 fully saturated rings. The molecular weight excluding hydrogens is 1200 g/mol. The molecule has 89 heavy (non-hydrogen) atoms. The minimum absolute atomic E-state index is 0.153. The predicted octanol–water partition coefficient (Wildman–Crippen LogP) is -0.634. The lowest BCUT2D eigenvalue weighted by molar-refractivity contribution is -0.405. The van der Waals surface area contributed by atoms with Crippen LogP contribution in [-0.4, -0.2) is 207 Å². The third-order valence-electron chi connectivity index (χ3n) is 14.5. The molecule has 5 unspecified atom stereocenters. The second-order valence-corrected chi connectivity index (χ2v) is 19.6. The van der Waals surface area contributed by atoms with Crippen molar-refractivity contribution in [3.8, 4) is 121 Å². The van der Waals surface area contributed by atoms with Gasteiger partial charge in [0.2, 0.25) is 68.5 Å². The zero-order valence-electron chi connectivity index (χ0n) is 43.5. The number of Topliss-reactive ketones (excluding diaryl/α,β-unsaturated/α-hetero) is 7. The molecule has 464 valence electrons. The van der Waals surface area contributed by atoms with Crippen LogP contribution in [0.4, 0.5) is 0 Å². The first-order valence-corrected chi connectivity index (χ1v) is 24.0. The molecule has 0 aromatic heterocycles. The van der Waals surface area contributed by atoms with Gasteiger partial charge in [-0.25, -0.2) is 0 Å². The number of rotatable bonds is 15. The van der Waals surface area contributed by atoms with Crippen molar-refractivity contribution >= 4 is 40.5 Å². The first-order valence-electron chi connectivity index (χ1n) is 24.0. The maximum absolute atomic E-state index is 16.8. The van der Waals surface area contributed by atoms with Crippen LogP contribution in [0.15, 0.2) is 84.9 Å². The average Bonchev–Trinajstić information content (AvgIpc) is 0.636. The molecule has 0 aliphatic carbocycles. The van der Waals surface area contributed by atoms with E-state index in [2.05, 4.69) is 0 Å². The van der Waals surface area contributed by atoms with Gasteiger partial charge in [-0.15, -0.1) is 0 Å². The zero-order valence-corrected chi connectivity index (χ0v) is 43.5. The number of carbonyl (C=O) groups is 7. The minimum atomic E-state index is -6.41. The number of aromatic hydroxyl groups is 21. The summed E-state index contributed by atoms with van der Waals surface area (Å²) in [5.41, 5.74) is -45.1. The van der Waals surface area contributed by atoms with Crippen molar-refractivity contribution in [1.29, 1.82) is 0 Å². The number of benzene rings is 7. The average molecular weight is 1240 g/mol. The van der Waals surface area contributed by atoms with Gasteiger partial charge in [0.15, 0.2) is 121 Å². The van der Waals surface area contributed by atoms with Crippen molar-refractivity contribution in [2.24, 2.45) is 0 Å². The normalized spacial score (nSPS) is 20.7. The summed E-state index contributed by atoms with van der Waals surface area (Å²) in [4.78, 5) is 114. The summed E-state index contributed by atoms with van der Waals surface area (Å²) in [6.07, 6.45) is 0. The second-order valence-electron chi connectivity index (χ2n) is 19.6. The maximum Gasteiger partial charge on any atom is 0.273 e. The van der Waals surface area contributed by atoms with Gasteiger partial charge >= 0.3 is 0 Å². The van der Waals surface area contributed by atoms with Crippen LogP contribution in [0.25, 0.3) is 0 Å². The van der Waals surface area contributed by atoms with E-state index in [0.29, 0.717) is 0 Å². The van der Waals surface area contributed by atoms with Gasteiger partial charge in [0.25, 0.3) is 5.79 Å². The SMILES string of the molecule is O=C(c1cc(O)c(O)c(O)c1)C1(O)OC(C(=O)c2cc(O)c(O)c(O)c2)(C(O)(C(=O)c2cc(O)c(O)c(O)c2)C(=O)c2cc(O)c(O)c(O)c2)C(O)(C(=O)c2cc(O)c(O)c(O)c2)C(O)(C(=O)c2cc(O)c(O)c(O)c2)C1(O)C(=O)c1cc(O)c(O)c(O)c1. The summed E-state index contributed by atoms with van der Waals surface area (Å²) in [6.45, 7) is 0. The third-order valence-corrected chi connectivity index (χ3v) is 14.5.